The van der Waals surface area contributed by atoms with E-state index in [1.54, 1.807) is 0 Å². The summed E-state index contributed by atoms with van der Waals surface area (Å²) in [6.45, 7) is 11.2. The Hall–Kier alpha value is -3.50. The van der Waals surface area contributed by atoms with Gasteiger partial charge in [-0.3, -0.25) is 9.51 Å². The minimum absolute atomic E-state index is 0.149. The fraction of sp³-hybridized carbons (Fsp3) is 0.607. The number of halogens is 1. The zero-order valence-corrected chi connectivity index (χ0v) is 22.5. The van der Waals surface area contributed by atoms with Gasteiger partial charge in [-0.25, -0.2) is 19.2 Å². The lowest BCUT2D eigenvalue weighted by atomic mass is 9.80. The molecule has 208 valence electrons. The van der Waals surface area contributed by atoms with E-state index in [1.165, 1.54) is 19.3 Å². The van der Waals surface area contributed by atoms with Crippen molar-refractivity contribution in [2.75, 3.05) is 16.8 Å². The van der Waals surface area contributed by atoms with Gasteiger partial charge in [0.05, 0.1) is 6.04 Å². The maximum atomic E-state index is 14.6. The van der Waals surface area contributed by atoms with Crippen molar-refractivity contribution in [2.45, 2.75) is 83.3 Å². The second kappa shape index (κ2) is 10.6. The molecule has 3 aromatic rings. The number of aromatic nitrogens is 6. The van der Waals surface area contributed by atoms with Gasteiger partial charge < -0.3 is 14.8 Å². The van der Waals surface area contributed by atoms with Gasteiger partial charge in [0.1, 0.15) is 11.3 Å². The van der Waals surface area contributed by atoms with Crippen LogP contribution in [-0.4, -0.2) is 48.3 Å². The predicted octanol–water partition coefficient (Wildman–Crippen LogP) is 5.21. The molecule has 1 aliphatic heterocycles. The highest BCUT2D eigenvalue weighted by molar-refractivity contribution is 5.87. The molecule has 3 aromatic heterocycles. The maximum absolute atomic E-state index is 14.6. The molecule has 3 aliphatic rings. The van der Waals surface area contributed by atoms with Crippen molar-refractivity contribution in [1.29, 1.82) is 0 Å². The molecule has 4 heterocycles. The van der Waals surface area contributed by atoms with Gasteiger partial charge in [0, 0.05) is 19.1 Å². The standard InChI is InChI=1S/C28H37FN8O2/c1-4-18-10-12-19(13-11-18)15-37-22-23(30-17(3)20-7-5-8-20)31-25(26-34-28(38)39-35-26)32-24(22)33-27(37)36-14-6-9-21(36)16(2)29/h4,17-21H,1-2,5-15H2,3H3,(H,30,31,32)(H,34,35,38). The molecular weight excluding hydrogens is 499 g/mol. The number of hydrogen-bond donors (Lipinski definition) is 2. The van der Waals surface area contributed by atoms with Crippen molar-refractivity contribution < 1.29 is 8.91 Å². The van der Waals surface area contributed by atoms with Gasteiger partial charge >= 0.3 is 5.76 Å². The van der Waals surface area contributed by atoms with E-state index in [-0.39, 0.29) is 23.5 Å². The Labute approximate surface area is 226 Å². The average Bonchev–Trinajstić information content (AvgIpc) is 3.62. The molecule has 2 unspecified atom stereocenters. The van der Waals surface area contributed by atoms with Gasteiger partial charge in [-0.1, -0.05) is 24.2 Å². The van der Waals surface area contributed by atoms with Crippen LogP contribution in [0.25, 0.3) is 22.8 Å². The Morgan fingerprint density at radius 3 is 2.62 bits per heavy atom. The minimum atomic E-state index is -0.672. The molecule has 0 aromatic carbocycles. The maximum Gasteiger partial charge on any atom is 0.439 e. The van der Waals surface area contributed by atoms with E-state index in [0.29, 0.717) is 48.1 Å². The van der Waals surface area contributed by atoms with Gasteiger partial charge in [-0.05, 0) is 76.0 Å². The Kier molecular flexibility index (Phi) is 6.99. The highest BCUT2D eigenvalue weighted by Gasteiger charge is 2.34. The number of allylic oxidation sites excluding steroid dienone is 1. The molecule has 0 radical (unpaired) electrons. The van der Waals surface area contributed by atoms with E-state index < -0.39 is 11.8 Å². The van der Waals surface area contributed by atoms with Crippen LogP contribution in [0, 0.1) is 17.8 Å². The third-order valence-electron chi connectivity index (χ3n) is 8.99. The van der Waals surface area contributed by atoms with Crippen LogP contribution in [0.2, 0.25) is 0 Å². The lowest BCUT2D eigenvalue weighted by Gasteiger charge is -2.33. The number of anilines is 2. The number of aromatic amines is 1. The number of fused-ring (bicyclic) bond motifs is 1. The largest absolute Gasteiger partial charge is 0.439 e. The number of hydrogen-bond acceptors (Lipinski definition) is 8. The first-order chi connectivity index (χ1) is 18.9. The first-order valence-corrected chi connectivity index (χ1v) is 14.3. The van der Waals surface area contributed by atoms with Gasteiger partial charge in [-0.2, -0.15) is 4.98 Å². The highest BCUT2D eigenvalue weighted by atomic mass is 19.1. The Morgan fingerprint density at radius 2 is 1.97 bits per heavy atom. The topological polar surface area (TPSA) is 118 Å². The van der Waals surface area contributed by atoms with Crippen LogP contribution in [0.3, 0.4) is 0 Å². The van der Waals surface area contributed by atoms with Crippen molar-refractivity contribution in [3.8, 4) is 11.6 Å². The molecule has 0 bridgehead atoms. The lowest BCUT2D eigenvalue weighted by molar-refractivity contribution is 0.282. The summed E-state index contributed by atoms with van der Waals surface area (Å²) in [5.41, 5.74) is 1.28. The smallest absolute Gasteiger partial charge is 0.365 e. The summed E-state index contributed by atoms with van der Waals surface area (Å²) in [7, 11) is 0. The fourth-order valence-corrected chi connectivity index (χ4v) is 6.42. The average molecular weight is 537 g/mol. The number of nitrogens with zero attached hydrogens (tertiary/aromatic N) is 6. The van der Waals surface area contributed by atoms with Gasteiger partial charge in [0.25, 0.3) is 0 Å². The molecule has 2 N–H and O–H groups in total. The van der Waals surface area contributed by atoms with E-state index >= 15 is 0 Å². The second-order valence-corrected chi connectivity index (χ2v) is 11.5. The van der Waals surface area contributed by atoms with Crippen molar-refractivity contribution in [3.05, 3.63) is 35.6 Å². The van der Waals surface area contributed by atoms with Gasteiger partial charge in [0.2, 0.25) is 17.6 Å². The van der Waals surface area contributed by atoms with Crippen LogP contribution in [-0.2, 0) is 6.54 Å². The van der Waals surface area contributed by atoms with E-state index in [1.807, 2.05) is 4.90 Å². The van der Waals surface area contributed by atoms with E-state index in [0.717, 1.165) is 44.2 Å². The molecular formula is C28H37FN8O2. The molecule has 1 saturated heterocycles. The number of imidazole rings is 1. The molecule has 2 saturated carbocycles. The summed E-state index contributed by atoms with van der Waals surface area (Å²) in [5, 5.41) is 7.47. The monoisotopic (exact) mass is 536 g/mol. The summed E-state index contributed by atoms with van der Waals surface area (Å²) in [4.78, 5) is 30.8. The molecule has 0 spiro atoms. The van der Waals surface area contributed by atoms with E-state index in [2.05, 4.69) is 46.2 Å². The van der Waals surface area contributed by atoms with Crippen molar-refractivity contribution in [3.63, 3.8) is 0 Å². The molecule has 2 atom stereocenters. The molecule has 10 nitrogen and oxygen atoms in total. The summed E-state index contributed by atoms with van der Waals surface area (Å²) >= 11 is 0. The molecule has 3 fully saturated rings. The molecule has 39 heavy (non-hydrogen) atoms. The summed E-state index contributed by atoms with van der Waals surface area (Å²) in [6.07, 6.45) is 11.6. The van der Waals surface area contributed by atoms with E-state index in [4.69, 9.17) is 19.5 Å². The van der Waals surface area contributed by atoms with Crippen LogP contribution in [0.5, 0.6) is 0 Å². The van der Waals surface area contributed by atoms with Gasteiger partial charge in [0.15, 0.2) is 11.5 Å². The molecule has 11 heteroatoms. The first kappa shape index (κ1) is 25.8. The van der Waals surface area contributed by atoms with Crippen LogP contribution in [0.1, 0.15) is 64.7 Å². The zero-order chi connectivity index (χ0) is 27.1. The number of rotatable bonds is 9. The SMILES string of the molecule is C=CC1CCC(Cn2c(N3CCCC3C(=C)F)nc3nc(-c4noc(=O)[nH]4)nc(NC(C)C4CCC4)c32)CC1. The van der Waals surface area contributed by atoms with Crippen LogP contribution in [0.15, 0.2) is 34.4 Å². The Balaban J connectivity index is 1.48. The third kappa shape index (κ3) is 4.98. The highest BCUT2D eigenvalue weighted by Crippen LogP contribution is 2.38. The molecule has 0 amide bonds. The van der Waals surface area contributed by atoms with Gasteiger partial charge in [-0.15, -0.1) is 6.58 Å². The minimum Gasteiger partial charge on any atom is -0.365 e. The number of nitrogens with one attached hydrogen (secondary N) is 2. The number of H-pyrrole nitrogens is 1. The van der Waals surface area contributed by atoms with Crippen LogP contribution in [0.4, 0.5) is 16.2 Å². The molecule has 2 aliphatic carbocycles. The third-order valence-corrected chi connectivity index (χ3v) is 8.99. The zero-order valence-electron chi connectivity index (χ0n) is 22.5. The molecule has 6 rings (SSSR count). The summed E-state index contributed by atoms with van der Waals surface area (Å²) in [5.74, 6) is 2.28. The van der Waals surface area contributed by atoms with E-state index in [9.17, 15) is 9.18 Å². The summed E-state index contributed by atoms with van der Waals surface area (Å²) < 4.78 is 21.5. The first-order valence-electron chi connectivity index (χ1n) is 14.3. The van der Waals surface area contributed by atoms with Crippen LogP contribution >= 0.6 is 0 Å². The lowest BCUT2D eigenvalue weighted by Crippen LogP contribution is -2.33. The fourth-order valence-electron chi connectivity index (χ4n) is 6.42. The van der Waals surface area contributed by atoms with Crippen molar-refractivity contribution in [2.24, 2.45) is 17.8 Å². The Bertz CT molecular complexity index is 1410. The quantitative estimate of drug-likeness (QED) is 0.358. The Morgan fingerprint density at radius 1 is 1.18 bits per heavy atom. The predicted molar refractivity (Wildman–Crippen MR) is 148 cm³/mol. The van der Waals surface area contributed by atoms with Crippen molar-refractivity contribution in [1.82, 2.24) is 29.7 Å². The second-order valence-electron chi connectivity index (χ2n) is 11.5. The van der Waals surface area contributed by atoms with Crippen molar-refractivity contribution >= 4 is 22.9 Å². The normalized spacial score (nSPS) is 24.6. The summed E-state index contributed by atoms with van der Waals surface area (Å²) in [6, 6.07) is -0.220. The van der Waals surface area contributed by atoms with Crippen LogP contribution < -0.4 is 16.0 Å².